The lowest BCUT2D eigenvalue weighted by Gasteiger charge is -2.28. The van der Waals surface area contributed by atoms with Crippen molar-refractivity contribution in [1.29, 1.82) is 0 Å². The van der Waals surface area contributed by atoms with Crippen LogP contribution in [0.1, 0.15) is 71.8 Å². The molecule has 0 unspecified atom stereocenters. The lowest BCUT2D eigenvalue weighted by atomic mass is 9.97. The highest BCUT2D eigenvalue weighted by atomic mass is 16.4. The zero-order valence-corrected chi connectivity index (χ0v) is 26.7. The van der Waals surface area contributed by atoms with E-state index in [0.29, 0.717) is 25.8 Å². The van der Waals surface area contributed by atoms with Crippen LogP contribution in [0.2, 0.25) is 0 Å². The maximum absolute atomic E-state index is 13.6. The molecule has 252 valence electrons. The standard InChI is InChI=1S/C31H51N7O7/c1-5-19(4)25(34)29(42)37-23(17-20-11-7-6-8-12-20)28(41)38-26(18(2)3)30(43)35-21(14-15-24(33)39)27(40)36-22(31(44)45)13-9-10-16-32/h6-8,11-12,18-19,21-23,25-26H,5,9-10,13-17,32,34H2,1-4H3,(H2,33,39)(H,35,43)(H,36,40)(H,37,42)(H,38,41)(H,44,45)/t19-,21-,22-,23-,25-,26-/m0/s1. The summed E-state index contributed by atoms with van der Waals surface area (Å²) in [4.78, 5) is 76.4. The molecule has 1 aromatic rings. The Kier molecular flexibility index (Phi) is 17.4. The molecule has 14 heteroatoms. The summed E-state index contributed by atoms with van der Waals surface area (Å²) in [7, 11) is 0. The SMILES string of the molecule is CC[C@H](C)[C@H](N)C(=O)N[C@@H](Cc1ccccc1)C(=O)N[C@H](C(=O)N[C@@H](CCC(N)=O)C(=O)N[C@@H](CCCCN)C(=O)O)C(C)C. The van der Waals surface area contributed by atoms with Gasteiger partial charge in [-0.3, -0.25) is 24.0 Å². The summed E-state index contributed by atoms with van der Waals surface area (Å²) in [6.07, 6.45) is 1.47. The van der Waals surface area contributed by atoms with Crippen LogP contribution in [0.25, 0.3) is 0 Å². The number of primary amides is 1. The van der Waals surface area contributed by atoms with Gasteiger partial charge in [0, 0.05) is 12.8 Å². The van der Waals surface area contributed by atoms with E-state index in [1.807, 2.05) is 19.9 Å². The van der Waals surface area contributed by atoms with Crippen molar-refractivity contribution in [2.45, 2.75) is 103 Å². The number of hydrogen-bond donors (Lipinski definition) is 8. The Bertz CT molecular complexity index is 1130. The molecule has 14 nitrogen and oxygen atoms in total. The molecule has 0 fully saturated rings. The molecule has 0 bridgehead atoms. The number of nitrogens with two attached hydrogens (primary N) is 3. The number of carboxylic acids is 1. The second kappa shape index (κ2) is 20.1. The number of carboxylic acid groups (broad SMARTS) is 1. The highest BCUT2D eigenvalue weighted by Crippen LogP contribution is 2.11. The van der Waals surface area contributed by atoms with Gasteiger partial charge in [0.05, 0.1) is 6.04 Å². The van der Waals surface area contributed by atoms with E-state index in [-0.39, 0.29) is 31.6 Å². The third-order valence-corrected chi connectivity index (χ3v) is 7.60. The van der Waals surface area contributed by atoms with Crippen molar-refractivity contribution in [3.63, 3.8) is 0 Å². The zero-order valence-electron chi connectivity index (χ0n) is 26.7. The maximum atomic E-state index is 13.6. The second-order valence-electron chi connectivity index (χ2n) is 11.6. The number of carbonyl (C=O) groups excluding carboxylic acids is 5. The molecule has 0 aliphatic carbocycles. The molecule has 0 radical (unpaired) electrons. The number of amides is 5. The van der Waals surface area contributed by atoms with Gasteiger partial charge in [0.15, 0.2) is 0 Å². The smallest absolute Gasteiger partial charge is 0.326 e. The fourth-order valence-electron chi connectivity index (χ4n) is 4.47. The molecule has 1 aromatic carbocycles. The first-order valence-electron chi connectivity index (χ1n) is 15.4. The van der Waals surface area contributed by atoms with Crippen molar-refractivity contribution in [1.82, 2.24) is 21.3 Å². The van der Waals surface area contributed by atoms with Crippen LogP contribution in [0, 0.1) is 11.8 Å². The number of unbranched alkanes of at least 4 members (excludes halogenated alkanes) is 1. The van der Waals surface area contributed by atoms with E-state index in [2.05, 4.69) is 21.3 Å². The topological polar surface area (TPSA) is 249 Å². The van der Waals surface area contributed by atoms with E-state index in [9.17, 15) is 33.9 Å². The zero-order chi connectivity index (χ0) is 34.1. The summed E-state index contributed by atoms with van der Waals surface area (Å²) >= 11 is 0. The van der Waals surface area contributed by atoms with Crippen LogP contribution in [-0.2, 0) is 35.2 Å². The Morgan fingerprint density at radius 1 is 0.778 bits per heavy atom. The predicted octanol–water partition coefficient (Wildman–Crippen LogP) is -0.323. The molecule has 6 atom stereocenters. The van der Waals surface area contributed by atoms with Gasteiger partial charge >= 0.3 is 5.97 Å². The van der Waals surface area contributed by atoms with Crippen LogP contribution in [0.15, 0.2) is 30.3 Å². The average Bonchev–Trinajstić information content (AvgIpc) is 2.99. The second-order valence-corrected chi connectivity index (χ2v) is 11.6. The number of aliphatic carboxylic acids is 1. The molecule has 45 heavy (non-hydrogen) atoms. The number of benzene rings is 1. The monoisotopic (exact) mass is 633 g/mol. The quantitative estimate of drug-likeness (QED) is 0.0825. The average molecular weight is 634 g/mol. The van der Waals surface area contributed by atoms with Crippen molar-refractivity contribution in [2.24, 2.45) is 29.0 Å². The molecule has 11 N–H and O–H groups in total. The molecule has 0 heterocycles. The number of hydrogen-bond acceptors (Lipinski definition) is 8. The lowest BCUT2D eigenvalue weighted by Crippen LogP contribution is -2.60. The van der Waals surface area contributed by atoms with E-state index in [1.165, 1.54) is 0 Å². The van der Waals surface area contributed by atoms with E-state index in [1.54, 1.807) is 38.1 Å². The van der Waals surface area contributed by atoms with E-state index >= 15 is 0 Å². The molecule has 0 aliphatic rings. The van der Waals surface area contributed by atoms with Crippen LogP contribution >= 0.6 is 0 Å². The normalized spacial score (nSPS) is 15.1. The van der Waals surface area contributed by atoms with Gasteiger partial charge in [0.1, 0.15) is 24.2 Å². The van der Waals surface area contributed by atoms with Gasteiger partial charge in [0.2, 0.25) is 29.5 Å². The molecule has 0 spiro atoms. The first kappa shape index (κ1) is 39.0. The van der Waals surface area contributed by atoms with Crippen LogP contribution in [-0.4, -0.2) is 77.4 Å². The third kappa shape index (κ3) is 14.1. The minimum Gasteiger partial charge on any atom is -0.480 e. The Morgan fingerprint density at radius 2 is 1.36 bits per heavy atom. The van der Waals surface area contributed by atoms with Crippen molar-refractivity contribution in [2.75, 3.05) is 6.54 Å². The molecule has 0 aromatic heterocycles. The Morgan fingerprint density at radius 3 is 1.89 bits per heavy atom. The highest BCUT2D eigenvalue weighted by molar-refractivity contribution is 5.95. The van der Waals surface area contributed by atoms with Gasteiger partial charge < -0.3 is 43.6 Å². The number of rotatable bonds is 21. The fourth-order valence-corrected chi connectivity index (χ4v) is 4.47. The molecule has 0 saturated carbocycles. The van der Waals surface area contributed by atoms with Gasteiger partial charge in [-0.2, -0.15) is 0 Å². The van der Waals surface area contributed by atoms with Crippen LogP contribution in [0.5, 0.6) is 0 Å². The highest BCUT2D eigenvalue weighted by Gasteiger charge is 2.33. The summed E-state index contributed by atoms with van der Waals surface area (Å²) in [5, 5.41) is 19.9. The summed E-state index contributed by atoms with van der Waals surface area (Å²) in [6, 6.07) is 3.40. The molecular weight excluding hydrogens is 582 g/mol. The molecule has 5 amide bonds. The van der Waals surface area contributed by atoms with Crippen molar-refractivity contribution in [3.8, 4) is 0 Å². The summed E-state index contributed by atoms with van der Waals surface area (Å²) < 4.78 is 0. The van der Waals surface area contributed by atoms with Crippen molar-refractivity contribution >= 4 is 35.5 Å². The molecular formula is C31H51N7O7. The first-order chi connectivity index (χ1) is 21.2. The predicted molar refractivity (Wildman–Crippen MR) is 169 cm³/mol. The number of carbonyl (C=O) groups is 6. The van der Waals surface area contributed by atoms with Gasteiger partial charge in [0.25, 0.3) is 0 Å². The lowest BCUT2D eigenvalue weighted by molar-refractivity contribution is -0.142. The van der Waals surface area contributed by atoms with Crippen LogP contribution < -0.4 is 38.5 Å². The first-order valence-corrected chi connectivity index (χ1v) is 15.4. The molecule has 0 saturated heterocycles. The van der Waals surface area contributed by atoms with Gasteiger partial charge in [-0.05, 0) is 49.6 Å². The van der Waals surface area contributed by atoms with Crippen LogP contribution in [0.4, 0.5) is 0 Å². The van der Waals surface area contributed by atoms with E-state index < -0.39 is 71.6 Å². The number of nitrogens with one attached hydrogen (secondary N) is 4. The third-order valence-electron chi connectivity index (χ3n) is 7.60. The summed E-state index contributed by atoms with van der Waals surface area (Å²) in [5.41, 5.74) is 17.6. The minimum absolute atomic E-state index is 0.120. The van der Waals surface area contributed by atoms with Gasteiger partial charge in [-0.15, -0.1) is 0 Å². The minimum atomic E-state index is -1.31. The Balaban J connectivity index is 3.18. The van der Waals surface area contributed by atoms with Crippen molar-refractivity contribution < 1.29 is 33.9 Å². The summed E-state index contributed by atoms with van der Waals surface area (Å²) in [6.45, 7) is 7.47. The van der Waals surface area contributed by atoms with Crippen LogP contribution in [0.3, 0.4) is 0 Å². The maximum Gasteiger partial charge on any atom is 0.326 e. The summed E-state index contributed by atoms with van der Waals surface area (Å²) in [5.74, 6) is -5.27. The Hall–Kier alpha value is -4.04. The van der Waals surface area contributed by atoms with Gasteiger partial charge in [-0.1, -0.05) is 64.4 Å². The van der Waals surface area contributed by atoms with Crippen molar-refractivity contribution in [3.05, 3.63) is 35.9 Å². The van der Waals surface area contributed by atoms with E-state index in [4.69, 9.17) is 17.2 Å². The largest absolute Gasteiger partial charge is 0.480 e. The molecule has 1 rings (SSSR count). The van der Waals surface area contributed by atoms with Gasteiger partial charge in [-0.25, -0.2) is 4.79 Å². The Labute approximate surface area is 265 Å². The molecule has 0 aliphatic heterocycles. The van der Waals surface area contributed by atoms with E-state index in [0.717, 1.165) is 5.56 Å². The fraction of sp³-hybridized carbons (Fsp3) is 0.613.